The number of hydrogen-bond acceptors (Lipinski definition) is 4. The van der Waals surface area contributed by atoms with E-state index in [0.717, 1.165) is 16.9 Å². The van der Waals surface area contributed by atoms with Crippen molar-refractivity contribution in [3.8, 4) is 5.75 Å². The Labute approximate surface area is 130 Å². The highest BCUT2D eigenvalue weighted by molar-refractivity contribution is 5.76. The van der Waals surface area contributed by atoms with Crippen molar-refractivity contribution in [3.05, 3.63) is 59.9 Å². The first kappa shape index (κ1) is 16.0. The van der Waals surface area contributed by atoms with Crippen LogP contribution >= 0.6 is 0 Å². The van der Waals surface area contributed by atoms with E-state index in [1.54, 1.807) is 19.5 Å². The maximum absolute atomic E-state index is 11.8. The van der Waals surface area contributed by atoms with Crippen LogP contribution in [0.25, 0.3) is 0 Å². The molecule has 2 aromatic rings. The summed E-state index contributed by atoms with van der Waals surface area (Å²) < 4.78 is 5.29. The monoisotopic (exact) mass is 299 g/mol. The van der Waals surface area contributed by atoms with E-state index in [1.807, 2.05) is 36.4 Å². The van der Waals surface area contributed by atoms with Crippen molar-refractivity contribution in [2.24, 2.45) is 0 Å². The van der Waals surface area contributed by atoms with Gasteiger partial charge in [-0.2, -0.15) is 0 Å². The molecule has 0 fully saturated rings. The third-order valence-corrected chi connectivity index (χ3v) is 3.25. The number of ether oxygens (including phenoxy) is 1. The molecule has 0 saturated carbocycles. The van der Waals surface area contributed by atoms with Gasteiger partial charge in [0, 0.05) is 44.0 Å². The van der Waals surface area contributed by atoms with Crippen molar-refractivity contribution < 1.29 is 9.53 Å². The predicted octanol–water partition coefficient (Wildman–Crippen LogP) is 1.89. The Hall–Kier alpha value is -2.40. The average Bonchev–Trinajstić information content (AvgIpc) is 2.58. The molecule has 116 valence electrons. The van der Waals surface area contributed by atoms with Gasteiger partial charge in [0.15, 0.2) is 0 Å². The number of hydrogen-bond donors (Lipinski definition) is 2. The standard InChI is InChI=1S/C17H21N3O2/c1-22-16-7-3-2-6-15(16)13-19-10-8-17(21)20-12-14-5-4-9-18-11-14/h2-7,9,11,19H,8,10,12-13H2,1H3,(H,20,21). The minimum atomic E-state index is 0.0244. The van der Waals surface area contributed by atoms with Crippen LogP contribution in [0.4, 0.5) is 0 Å². The molecule has 5 heteroatoms. The molecule has 1 aromatic heterocycles. The van der Waals surface area contributed by atoms with Crippen molar-refractivity contribution in [1.29, 1.82) is 0 Å². The van der Waals surface area contributed by atoms with Gasteiger partial charge < -0.3 is 15.4 Å². The highest BCUT2D eigenvalue weighted by Gasteiger charge is 2.03. The molecule has 0 aliphatic rings. The summed E-state index contributed by atoms with van der Waals surface area (Å²) in [7, 11) is 1.66. The Balaban J connectivity index is 1.65. The number of rotatable bonds is 8. The summed E-state index contributed by atoms with van der Waals surface area (Å²) in [5.74, 6) is 0.882. The lowest BCUT2D eigenvalue weighted by atomic mass is 10.2. The van der Waals surface area contributed by atoms with E-state index in [2.05, 4.69) is 15.6 Å². The smallest absolute Gasteiger partial charge is 0.221 e. The van der Waals surface area contributed by atoms with E-state index in [0.29, 0.717) is 26.1 Å². The van der Waals surface area contributed by atoms with Crippen molar-refractivity contribution in [3.63, 3.8) is 0 Å². The zero-order chi connectivity index (χ0) is 15.6. The van der Waals surface area contributed by atoms with Crippen molar-refractivity contribution in [2.45, 2.75) is 19.5 Å². The van der Waals surface area contributed by atoms with Gasteiger partial charge in [-0.3, -0.25) is 9.78 Å². The number of aromatic nitrogens is 1. The van der Waals surface area contributed by atoms with Crippen LogP contribution < -0.4 is 15.4 Å². The Morgan fingerprint density at radius 1 is 1.18 bits per heavy atom. The highest BCUT2D eigenvalue weighted by atomic mass is 16.5. The quantitative estimate of drug-likeness (QED) is 0.731. The molecule has 0 unspecified atom stereocenters. The van der Waals surface area contributed by atoms with Crippen LogP contribution in [-0.2, 0) is 17.9 Å². The van der Waals surface area contributed by atoms with Crippen LogP contribution in [-0.4, -0.2) is 24.5 Å². The molecular weight excluding hydrogens is 278 g/mol. The molecular formula is C17H21N3O2. The third-order valence-electron chi connectivity index (χ3n) is 3.25. The van der Waals surface area contributed by atoms with Crippen molar-refractivity contribution in [1.82, 2.24) is 15.6 Å². The lowest BCUT2D eigenvalue weighted by Gasteiger charge is -2.09. The number of amides is 1. The first-order chi connectivity index (χ1) is 10.8. The summed E-state index contributed by atoms with van der Waals surface area (Å²) in [6, 6.07) is 11.6. The molecule has 0 saturated heterocycles. The molecule has 0 spiro atoms. The maximum Gasteiger partial charge on any atom is 0.221 e. The van der Waals surface area contributed by atoms with E-state index in [1.165, 1.54) is 0 Å². The number of nitrogens with zero attached hydrogens (tertiary/aromatic N) is 1. The molecule has 0 aliphatic heterocycles. The van der Waals surface area contributed by atoms with Crippen molar-refractivity contribution >= 4 is 5.91 Å². The Bertz CT molecular complexity index is 587. The topological polar surface area (TPSA) is 63.2 Å². The second-order valence-electron chi connectivity index (χ2n) is 4.88. The van der Waals surface area contributed by atoms with Gasteiger partial charge in [0.2, 0.25) is 5.91 Å². The molecule has 5 nitrogen and oxygen atoms in total. The van der Waals surface area contributed by atoms with Crippen LogP contribution in [0.2, 0.25) is 0 Å². The van der Waals surface area contributed by atoms with Gasteiger partial charge in [-0.25, -0.2) is 0 Å². The number of pyridine rings is 1. The fourth-order valence-corrected chi connectivity index (χ4v) is 2.07. The lowest BCUT2D eigenvalue weighted by Crippen LogP contribution is -2.27. The second-order valence-corrected chi connectivity index (χ2v) is 4.88. The number of carbonyl (C=O) groups is 1. The predicted molar refractivity (Wildman–Crippen MR) is 85.4 cm³/mol. The number of methoxy groups -OCH3 is 1. The fraction of sp³-hybridized carbons (Fsp3) is 0.294. The zero-order valence-corrected chi connectivity index (χ0v) is 12.7. The normalized spacial score (nSPS) is 10.2. The SMILES string of the molecule is COc1ccccc1CNCCC(=O)NCc1cccnc1. The molecule has 2 rings (SSSR count). The summed E-state index contributed by atoms with van der Waals surface area (Å²) >= 11 is 0. The Morgan fingerprint density at radius 2 is 2.05 bits per heavy atom. The van der Waals surface area contributed by atoms with Crippen LogP contribution in [0, 0.1) is 0 Å². The van der Waals surface area contributed by atoms with E-state index in [4.69, 9.17) is 4.74 Å². The van der Waals surface area contributed by atoms with Crippen LogP contribution in [0.3, 0.4) is 0 Å². The molecule has 0 aliphatic carbocycles. The van der Waals surface area contributed by atoms with Gasteiger partial charge in [-0.1, -0.05) is 24.3 Å². The lowest BCUT2D eigenvalue weighted by molar-refractivity contribution is -0.121. The Morgan fingerprint density at radius 3 is 2.82 bits per heavy atom. The van der Waals surface area contributed by atoms with Gasteiger partial charge in [-0.05, 0) is 17.7 Å². The summed E-state index contributed by atoms with van der Waals surface area (Å²) in [5.41, 5.74) is 2.08. The summed E-state index contributed by atoms with van der Waals surface area (Å²) in [6.07, 6.45) is 3.91. The second kappa shape index (κ2) is 8.79. The fourth-order valence-electron chi connectivity index (χ4n) is 2.07. The molecule has 22 heavy (non-hydrogen) atoms. The van der Waals surface area contributed by atoms with Gasteiger partial charge >= 0.3 is 0 Å². The minimum absolute atomic E-state index is 0.0244. The molecule has 0 atom stereocenters. The first-order valence-corrected chi connectivity index (χ1v) is 7.28. The molecule has 0 bridgehead atoms. The van der Waals surface area contributed by atoms with E-state index < -0.39 is 0 Å². The van der Waals surface area contributed by atoms with Gasteiger partial charge in [0.1, 0.15) is 5.75 Å². The van der Waals surface area contributed by atoms with Crippen molar-refractivity contribution in [2.75, 3.05) is 13.7 Å². The number of nitrogens with one attached hydrogen (secondary N) is 2. The summed E-state index contributed by atoms with van der Waals surface area (Å²) in [5, 5.41) is 6.13. The van der Waals surface area contributed by atoms with Gasteiger partial charge in [0.25, 0.3) is 0 Å². The largest absolute Gasteiger partial charge is 0.496 e. The zero-order valence-electron chi connectivity index (χ0n) is 12.7. The van der Waals surface area contributed by atoms with Crippen LogP contribution in [0.1, 0.15) is 17.5 Å². The highest BCUT2D eigenvalue weighted by Crippen LogP contribution is 2.16. The van der Waals surface area contributed by atoms with Crippen LogP contribution in [0.15, 0.2) is 48.8 Å². The summed E-state index contributed by atoms with van der Waals surface area (Å²) in [4.78, 5) is 15.8. The first-order valence-electron chi connectivity index (χ1n) is 7.28. The molecule has 2 N–H and O–H groups in total. The molecule has 0 radical (unpaired) electrons. The molecule has 1 heterocycles. The number of para-hydroxylation sites is 1. The van der Waals surface area contributed by atoms with E-state index in [-0.39, 0.29) is 5.91 Å². The Kier molecular flexibility index (Phi) is 6.39. The number of benzene rings is 1. The average molecular weight is 299 g/mol. The van der Waals surface area contributed by atoms with Gasteiger partial charge in [-0.15, -0.1) is 0 Å². The van der Waals surface area contributed by atoms with Crippen LogP contribution in [0.5, 0.6) is 5.75 Å². The van der Waals surface area contributed by atoms with Gasteiger partial charge in [0.05, 0.1) is 7.11 Å². The number of carbonyl (C=O) groups excluding carboxylic acids is 1. The molecule has 1 aromatic carbocycles. The molecule has 1 amide bonds. The maximum atomic E-state index is 11.8. The third kappa shape index (κ3) is 5.18. The van der Waals surface area contributed by atoms with E-state index >= 15 is 0 Å². The van der Waals surface area contributed by atoms with E-state index in [9.17, 15) is 4.79 Å². The summed E-state index contributed by atoms with van der Waals surface area (Å²) in [6.45, 7) is 1.82. The minimum Gasteiger partial charge on any atom is -0.496 e.